The average Bonchev–Trinajstić information content (AvgIpc) is 3.27. The predicted molar refractivity (Wildman–Crippen MR) is 96.8 cm³/mol. The molecule has 1 aromatic heterocycles. The minimum atomic E-state index is -3.43. The van der Waals surface area contributed by atoms with Gasteiger partial charge in [0.15, 0.2) is 0 Å². The zero-order valence-electron chi connectivity index (χ0n) is 14.5. The number of hydrogen-bond donors (Lipinski definition) is 0. The fraction of sp³-hybridized carbons (Fsp3) is 0.647. The van der Waals surface area contributed by atoms with Crippen molar-refractivity contribution in [3.05, 3.63) is 17.5 Å². The van der Waals surface area contributed by atoms with Gasteiger partial charge in [0.2, 0.25) is 11.8 Å². The Kier molecular flexibility index (Phi) is 4.89. The Morgan fingerprint density at radius 1 is 1.00 bits per heavy atom. The van der Waals surface area contributed by atoms with Crippen molar-refractivity contribution < 1.29 is 18.0 Å². The highest BCUT2D eigenvalue weighted by molar-refractivity contribution is 7.91. The number of sulfonamides is 1. The van der Waals surface area contributed by atoms with Crippen molar-refractivity contribution in [2.24, 2.45) is 11.8 Å². The fourth-order valence-electron chi connectivity index (χ4n) is 4.22. The maximum atomic E-state index is 12.6. The number of likely N-dealkylation sites (tertiary alicyclic amines) is 1. The predicted octanol–water partition coefficient (Wildman–Crippen LogP) is 1.19. The molecule has 2 aliphatic heterocycles. The first-order valence-corrected chi connectivity index (χ1v) is 11.4. The van der Waals surface area contributed by atoms with Crippen LogP contribution >= 0.6 is 11.3 Å². The van der Waals surface area contributed by atoms with Crippen molar-refractivity contribution in [1.29, 1.82) is 0 Å². The van der Waals surface area contributed by atoms with Crippen molar-refractivity contribution >= 4 is 33.2 Å². The van der Waals surface area contributed by atoms with E-state index in [0.717, 1.165) is 25.7 Å². The van der Waals surface area contributed by atoms with Crippen LogP contribution in [0.1, 0.15) is 25.7 Å². The average molecular weight is 398 g/mol. The molecule has 1 saturated carbocycles. The summed E-state index contributed by atoms with van der Waals surface area (Å²) >= 11 is 1.22. The first kappa shape index (κ1) is 18.1. The molecule has 0 bridgehead atoms. The molecule has 0 aromatic carbocycles. The van der Waals surface area contributed by atoms with Crippen LogP contribution in [0.2, 0.25) is 0 Å². The van der Waals surface area contributed by atoms with Crippen LogP contribution in [-0.4, -0.2) is 67.2 Å². The third kappa shape index (κ3) is 3.11. The van der Waals surface area contributed by atoms with Crippen molar-refractivity contribution in [1.82, 2.24) is 14.1 Å². The summed E-state index contributed by atoms with van der Waals surface area (Å²) in [7, 11) is -3.43. The number of rotatable bonds is 4. The Labute approximate surface area is 157 Å². The van der Waals surface area contributed by atoms with Crippen LogP contribution in [0.3, 0.4) is 0 Å². The molecule has 7 nitrogen and oxygen atoms in total. The molecule has 1 aromatic rings. The summed E-state index contributed by atoms with van der Waals surface area (Å²) in [6, 6.07) is 3.35. The number of thiophene rings is 1. The maximum absolute atomic E-state index is 12.6. The van der Waals surface area contributed by atoms with Crippen LogP contribution < -0.4 is 0 Å². The molecule has 3 fully saturated rings. The number of amides is 2. The number of carbonyl (C=O) groups is 2. The van der Waals surface area contributed by atoms with E-state index in [9.17, 15) is 18.0 Å². The van der Waals surface area contributed by atoms with E-state index in [-0.39, 0.29) is 30.3 Å². The third-order valence-electron chi connectivity index (χ3n) is 5.69. The molecule has 142 valence electrons. The zero-order valence-corrected chi connectivity index (χ0v) is 16.2. The number of hydrogen-bond acceptors (Lipinski definition) is 6. The van der Waals surface area contributed by atoms with Gasteiger partial charge in [-0.25, -0.2) is 8.42 Å². The Hall–Kier alpha value is -1.29. The van der Waals surface area contributed by atoms with Crippen molar-refractivity contribution in [3.8, 4) is 0 Å². The van der Waals surface area contributed by atoms with Gasteiger partial charge in [0.05, 0.1) is 18.5 Å². The summed E-state index contributed by atoms with van der Waals surface area (Å²) in [5.74, 6) is -0.324. The number of nitrogens with zero attached hydrogens (tertiary/aromatic N) is 3. The van der Waals surface area contributed by atoms with Crippen LogP contribution in [0.4, 0.5) is 0 Å². The van der Waals surface area contributed by atoms with E-state index < -0.39 is 10.0 Å². The van der Waals surface area contributed by atoms with E-state index in [1.165, 1.54) is 20.5 Å². The van der Waals surface area contributed by atoms with Gasteiger partial charge in [-0.3, -0.25) is 19.4 Å². The molecule has 0 spiro atoms. The van der Waals surface area contributed by atoms with Crippen LogP contribution in [0.15, 0.2) is 21.7 Å². The van der Waals surface area contributed by atoms with E-state index >= 15 is 0 Å². The summed E-state index contributed by atoms with van der Waals surface area (Å²) in [6.45, 7) is 2.10. The fourth-order valence-corrected chi connectivity index (χ4v) is 6.79. The van der Waals surface area contributed by atoms with Crippen molar-refractivity contribution in [3.63, 3.8) is 0 Å². The van der Waals surface area contributed by atoms with Gasteiger partial charge in [-0.1, -0.05) is 18.9 Å². The van der Waals surface area contributed by atoms with Gasteiger partial charge in [0, 0.05) is 26.2 Å². The first-order valence-electron chi connectivity index (χ1n) is 9.10. The van der Waals surface area contributed by atoms with Gasteiger partial charge >= 0.3 is 0 Å². The Bertz CT molecular complexity index is 761. The summed E-state index contributed by atoms with van der Waals surface area (Å²) in [4.78, 5) is 28.6. The normalized spacial score (nSPS) is 28.5. The second-order valence-electron chi connectivity index (χ2n) is 7.20. The SMILES string of the molecule is O=C1[C@@H]2CCCC[C@H]2C(=O)N1CN1CCN(S(=O)(=O)c2cccs2)CC1. The van der Waals surface area contributed by atoms with Crippen LogP contribution in [0.5, 0.6) is 0 Å². The lowest BCUT2D eigenvalue weighted by Gasteiger charge is -2.35. The lowest BCUT2D eigenvalue weighted by Crippen LogP contribution is -2.52. The second kappa shape index (κ2) is 7.03. The lowest BCUT2D eigenvalue weighted by atomic mass is 9.81. The quantitative estimate of drug-likeness (QED) is 0.713. The van der Waals surface area contributed by atoms with Crippen LogP contribution in [0, 0.1) is 11.8 Å². The highest BCUT2D eigenvalue weighted by Crippen LogP contribution is 2.38. The smallest absolute Gasteiger partial charge is 0.252 e. The van der Waals surface area contributed by atoms with Gasteiger partial charge in [0.1, 0.15) is 4.21 Å². The van der Waals surface area contributed by atoms with Gasteiger partial charge in [0.25, 0.3) is 10.0 Å². The van der Waals surface area contributed by atoms with Gasteiger partial charge in [-0.05, 0) is 24.3 Å². The molecule has 2 atom stereocenters. The topological polar surface area (TPSA) is 78.0 Å². The molecular weight excluding hydrogens is 374 g/mol. The number of piperazine rings is 1. The van der Waals surface area contributed by atoms with E-state index in [1.807, 2.05) is 4.90 Å². The molecule has 1 aliphatic carbocycles. The minimum absolute atomic E-state index is 0.0339. The molecule has 0 unspecified atom stereocenters. The van der Waals surface area contributed by atoms with Gasteiger partial charge in [-0.15, -0.1) is 11.3 Å². The summed E-state index contributed by atoms with van der Waals surface area (Å²) in [5.41, 5.74) is 0. The molecule has 0 radical (unpaired) electrons. The molecule has 26 heavy (non-hydrogen) atoms. The van der Waals surface area contributed by atoms with E-state index in [1.54, 1.807) is 17.5 Å². The lowest BCUT2D eigenvalue weighted by molar-refractivity contribution is -0.142. The van der Waals surface area contributed by atoms with E-state index in [2.05, 4.69) is 0 Å². The van der Waals surface area contributed by atoms with Crippen LogP contribution in [0.25, 0.3) is 0 Å². The zero-order chi connectivity index (χ0) is 18.3. The molecule has 0 N–H and O–H groups in total. The molecule has 2 amide bonds. The molecule has 4 rings (SSSR count). The molecule has 3 aliphatic rings. The monoisotopic (exact) mass is 397 g/mol. The van der Waals surface area contributed by atoms with Crippen LogP contribution in [-0.2, 0) is 19.6 Å². The second-order valence-corrected chi connectivity index (χ2v) is 10.3. The molecule has 3 heterocycles. The number of imide groups is 1. The molecule has 2 saturated heterocycles. The summed E-state index contributed by atoms with van der Waals surface area (Å²) in [5, 5.41) is 1.76. The Balaban J connectivity index is 1.37. The summed E-state index contributed by atoms with van der Waals surface area (Å²) in [6.07, 6.45) is 3.68. The maximum Gasteiger partial charge on any atom is 0.252 e. The Morgan fingerprint density at radius 2 is 1.62 bits per heavy atom. The minimum Gasteiger partial charge on any atom is -0.283 e. The van der Waals surface area contributed by atoms with Crippen molar-refractivity contribution in [2.75, 3.05) is 32.8 Å². The van der Waals surface area contributed by atoms with Crippen molar-refractivity contribution in [2.45, 2.75) is 29.9 Å². The van der Waals surface area contributed by atoms with E-state index in [4.69, 9.17) is 0 Å². The highest BCUT2D eigenvalue weighted by atomic mass is 32.2. The standard InChI is InChI=1S/C17H23N3O4S2/c21-16-13-4-1-2-5-14(13)17(22)20(16)12-18-7-9-19(10-8-18)26(23,24)15-6-3-11-25-15/h3,6,11,13-14H,1-2,4-5,7-10,12H2/t13-,14-/m1/s1. The van der Waals surface area contributed by atoms with Gasteiger partial charge in [-0.2, -0.15) is 4.31 Å². The number of carbonyl (C=O) groups excluding carboxylic acids is 2. The largest absolute Gasteiger partial charge is 0.283 e. The van der Waals surface area contributed by atoms with E-state index in [0.29, 0.717) is 30.4 Å². The summed E-state index contributed by atoms with van der Waals surface area (Å²) < 4.78 is 27.0. The highest BCUT2D eigenvalue weighted by Gasteiger charge is 2.48. The molecule has 9 heteroatoms. The number of fused-ring (bicyclic) bond motifs is 1. The van der Waals surface area contributed by atoms with Gasteiger partial charge < -0.3 is 0 Å². The first-order chi connectivity index (χ1) is 12.5. The molecular formula is C17H23N3O4S2. The third-order valence-corrected chi connectivity index (χ3v) is 8.97. The Morgan fingerprint density at radius 3 is 2.15 bits per heavy atom.